The molecule has 24 heavy (non-hydrogen) atoms. The highest BCUT2D eigenvalue weighted by Crippen LogP contribution is 2.24. The fraction of sp³-hybridized carbons (Fsp3) is 0.867. The number of carboxylic acid groups (broad SMARTS) is 1. The topological polar surface area (TPSA) is 122 Å². The first kappa shape index (κ1) is 19.1. The summed E-state index contributed by atoms with van der Waals surface area (Å²) in [7, 11) is -3.79. The SMILES string of the molecule is CC1CCC(NS(=O)(=O)CC(=O)NC2(C(=O)O)CCOCC2)CC1. The quantitative estimate of drug-likeness (QED) is 0.622. The van der Waals surface area contributed by atoms with Crippen LogP contribution in [0.3, 0.4) is 0 Å². The van der Waals surface area contributed by atoms with E-state index in [9.17, 15) is 23.1 Å². The van der Waals surface area contributed by atoms with Crippen molar-refractivity contribution in [2.24, 2.45) is 5.92 Å². The summed E-state index contributed by atoms with van der Waals surface area (Å²) in [6, 6.07) is -0.143. The van der Waals surface area contributed by atoms with E-state index in [-0.39, 0.29) is 32.1 Å². The van der Waals surface area contributed by atoms with Crippen LogP contribution in [-0.4, -0.2) is 55.9 Å². The zero-order chi connectivity index (χ0) is 17.8. The summed E-state index contributed by atoms with van der Waals surface area (Å²) in [5.74, 6) is -2.12. The summed E-state index contributed by atoms with van der Waals surface area (Å²) < 4.78 is 32.0. The lowest BCUT2D eigenvalue weighted by atomic mass is 9.88. The third-order valence-electron chi connectivity index (χ3n) is 4.82. The maximum Gasteiger partial charge on any atom is 0.329 e. The average molecular weight is 362 g/mol. The van der Waals surface area contributed by atoms with Gasteiger partial charge >= 0.3 is 5.97 Å². The third-order valence-corrected chi connectivity index (χ3v) is 6.15. The fourth-order valence-corrected chi connectivity index (χ4v) is 4.51. The highest BCUT2D eigenvalue weighted by atomic mass is 32.2. The van der Waals surface area contributed by atoms with Crippen LogP contribution in [0.4, 0.5) is 0 Å². The molecule has 9 heteroatoms. The maximum absolute atomic E-state index is 12.2. The molecular formula is C15H26N2O6S. The van der Waals surface area contributed by atoms with Crippen LogP contribution in [0.1, 0.15) is 45.4 Å². The molecule has 0 aromatic heterocycles. The van der Waals surface area contributed by atoms with Gasteiger partial charge in [0.05, 0.1) is 0 Å². The summed E-state index contributed by atoms with van der Waals surface area (Å²) in [5, 5.41) is 11.8. The number of sulfonamides is 1. The first-order chi connectivity index (χ1) is 11.2. The van der Waals surface area contributed by atoms with E-state index in [2.05, 4.69) is 17.0 Å². The summed E-state index contributed by atoms with van der Waals surface area (Å²) in [4.78, 5) is 23.6. The second kappa shape index (κ2) is 7.79. The van der Waals surface area contributed by atoms with E-state index in [0.29, 0.717) is 5.92 Å². The summed E-state index contributed by atoms with van der Waals surface area (Å²) in [6.45, 7) is 2.58. The number of carbonyl (C=O) groups excluding carboxylic acids is 1. The molecule has 0 spiro atoms. The molecule has 0 aromatic rings. The fourth-order valence-electron chi connectivity index (χ4n) is 3.26. The highest BCUT2D eigenvalue weighted by Gasteiger charge is 2.42. The number of carboxylic acids is 1. The van der Waals surface area contributed by atoms with Crippen LogP contribution in [0.15, 0.2) is 0 Å². The number of rotatable bonds is 6. The minimum atomic E-state index is -3.79. The number of hydrogen-bond acceptors (Lipinski definition) is 5. The molecule has 0 aromatic carbocycles. The molecule has 2 aliphatic rings. The van der Waals surface area contributed by atoms with Crippen LogP contribution in [0.25, 0.3) is 0 Å². The Labute approximate surface area is 142 Å². The minimum Gasteiger partial charge on any atom is -0.480 e. The molecule has 0 radical (unpaired) electrons. The number of hydrogen-bond donors (Lipinski definition) is 3. The Balaban J connectivity index is 1.91. The summed E-state index contributed by atoms with van der Waals surface area (Å²) in [6.07, 6.45) is 3.70. The van der Waals surface area contributed by atoms with E-state index in [1.54, 1.807) is 0 Å². The normalized spacial score (nSPS) is 27.4. The van der Waals surface area contributed by atoms with Crippen molar-refractivity contribution in [3.05, 3.63) is 0 Å². The van der Waals surface area contributed by atoms with Gasteiger partial charge in [-0.3, -0.25) is 4.79 Å². The smallest absolute Gasteiger partial charge is 0.329 e. The zero-order valence-electron chi connectivity index (χ0n) is 13.9. The number of nitrogens with one attached hydrogen (secondary N) is 2. The van der Waals surface area contributed by atoms with Gasteiger partial charge in [-0.1, -0.05) is 6.92 Å². The Morgan fingerprint density at radius 3 is 2.29 bits per heavy atom. The predicted molar refractivity (Wildman–Crippen MR) is 86.9 cm³/mol. The van der Waals surface area contributed by atoms with E-state index >= 15 is 0 Å². The molecule has 1 amide bonds. The van der Waals surface area contributed by atoms with E-state index in [0.717, 1.165) is 25.7 Å². The van der Waals surface area contributed by atoms with Crippen molar-refractivity contribution in [3.63, 3.8) is 0 Å². The van der Waals surface area contributed by atoms with Gasteiger partial charge in [0, 0.05) is 32.1 Å². The van der Waals surface area contributed by atoms with Crippen molar-refractivity contribution in [2.75, 3.05) is 19.0 Å². The highest BCUT2D eigenvalue weighted by molar-refractivity contribution is 7.90. The van der Waals surface area contributed by atoms with Crippen LogP contribution >= 0.6 is 0 Å². The van der Waals surface area contributed by atoms with Crippen LogP contribution in [-0.2, 0) is 24.3 Å². The van der Waals surface area contributed by atoms with Gasteiger partial charge < -0.3 is 15.2 Å². The predicted octanol–water partition coefficient (Wildman–Crippen LogP) is 0.235. The van der Waals surface area contributed by atoms with Crippen LogP contribution in [0.2, 0.25) is 0 Å². The molecule has 8 nitrogen and oxygen atoms in total. The van der Waals surface area contributed by atoms with Gasteiger partial charge in [-0.15, -0.1) is 0 Å². The van der Waals surface area contributed by atoms with E-state index in [4.69, 9.17) is 4.74 Å². The van der Waals surface area contributed by atoms with Gasteiger partial charge in [-0.25, -0.2) is 17.9 Å². The maximum atomic E-state index is 12.2. The molecule has 3 N–H and O–H groups in total. The van der Waals surface area contributed by atoms with Gasteiger partial charge in [0.1, 0.15) is 11.3 Å². The molecule has 1 aliphatic heterocycles. The third kappa shape index (κ3) is 5.15. The van der Waals surface area contributed by atoms with E-state index in [1.165, 1.54) is 0 Å². The minimum absolute atomic E-state index is 0.127. The lowest BCUT2D eigenvalue weighted by Crippen LogP contribution is -2.59. The molecular weight excluding hydrogens is 336 g/mol. The molecule has 2 fully saturated rings. The zero-order valence-corrected chi connectivity index (χ0v) is 14.7. The number of aliphatic carboxylic acids is 1. The molecule has 1 aliphatic carbocycles. The Kier molecular flexibility index (Phi) is 6.22. The van der Waals surface area contributed by atoms with Gasteiger partial charge in [-0.05, 0) is 31.6 Å². The Hall–Kier alpha value is -1.19. The van der Waals surface area contributed by atoms with Crippen LogP contribution < -0.4 is 10.0 Å². The molecule has 0 bridgehead atoms. The van der Waals surface area contributed by atoms with E-state index < -0.39 is 33.2 Å². The standard InChI is InChI=1S/C15H26N2O6S/c1-11-2-4-12(5-3-11)17-24(21,22)10-13(18)16-15(14(19)20)6-8-23-9-7-15/h11-12,17H,2-10H2,1H3,(H,16,18)(H,19,20). The molecule has 1 heterocycles. The van der Waals surface area contributed by atoms with Crippen molar-refractivity contribution >= 4 is 21.9 Å². The molecule has 1 saturated carbocycles. The first-order valence-electron chi connectivity index (χ1n) is 8.35. The van der Waals surface area contributed by atoms with Gasteiger partial charge in [0.25, 0.3) is 0 Å². The van der Waals surface area contributed by atoms with Gasteiger partial charge in [0.15, 0.2) is 0 Å². The lowest BCUT2D eigenvalue weighted by molar-refractivity contribution is -0.151. The van der Waals surface area contributed by atoms with Gasteiger partial charge in [-0.2, -0.15) is 0 Å². The molecule has 2 rings (SSSR count). The van der Waals surface area contributed by atoms with Crippen molar-refractivity contribution in [1.82, 2.24) is 10.0 Å². The van der Waals surface area contributed by atoms with Crippen molar-refractivity contribution in [2.45, 2.75) is 57.0 Å². The number of amides is 1. The molecule has 138 valence electrons. The second-order valence-electron chi connectivity index (χ2n) is 6.88. The average Bonchev–Trinajstić information content (AvgIpc) is 2.49. The van der Waals surface area contributed by atoms with E-state index in [1.807, 2.05) is 0 Å². The summed E-state index contributed by atoms with van der Waals surface area (Å²) in [5.41, 5.74) is -1.44. The van der Waals surface area contributed by atoms with Crippen LogP contribution in [0, 0.1) is 5.92 Å². The van der Waals surface area contributed by atoms with Crippen molar-refractivity contribution in [3.8, 4) is 0 Å². The molecule has 0 atom stereocenters. The Morgan fingerprint density at radius 1 is 1.17 bits per heavy atom. The number of carbonyl (C=O) groups is 2. The van der Waals surface area contributed by atoms with Gasteiger partial charge in [0.2, 0.25) is 15.9 Å². The van der Waals surface area contributed by atoms with Crippen molar-refractivity contribution < 1.29 is 27.9 Å². The monoisotopic (exact) mass is 362 g/mol. The number of ether oxygens (including phenoxy) is 1. The largest absolute Gasteiger partial charge is 0.480 e. The Morgan fingerprint density at radius 2 is 1.75 bits per heavy atom. The first-order valence-corrected chi connectivity index (χ1v) is 10.00. The molecule has 1 saturated heterocycles. The van der Waals surface area contributed by atoms with Crippen molar-refractivity contribution in [1.29, 1.82) is 0 Å². The van der Waals surface area contributed by atoms with Crippen LogP contribution in [0.5, 0.6) is 0 Å². The second-order valence-corrected chi connectivity index (χ2v) is 8.64. The summed E-state index contributed by atoms with van der Waals surface area (Å²) >= 11 is 0. The molecule has 0 unspecified atom stereocenters. The Bertz CT molecular complexity index is 563. The lowest BCUT2D eigenvalue weighted by Gasteiger charge is -2.34.